The van der Waals surface area contributed by atoms with Crippen molar-refractivity contribution in [1.82, 2.24) is 5.32 Å². The quantitative estimate of drug-likeness (QED) is 0.421. The number of benzene rings is 2. The summed E-state index contributed by atoms with van der Waals surface area (Å²) >= 11 is 7.24. The zero-order valence-electron chi connectivity index (χ0n) is 18.0. The van der Waals surface area contributed by atoms with E-state index in [1.54, 1.807) is 61.5 Å². The summed E-state index contributed by atoms with van der Waals surface area (Å²) in [5.41, 5.74) is 1.88. The lowest BCUT2D eigenvalue weighted by Gasteiger charge is -2.12. The normalized spacial score (nSPS) is 10.7. The van der Waals surface area contributed by atoms with Crippen LogP contribution in [0.4, 0.5) is 10.7 Å². The van der Waals surface area contributed by atoms with Gasteiger partial charge in [0, 0.05) is 6.54 Å². The van der Waals surface area contributed by atoms with Gasteiger partial charge in [-0.1, -0.05) is 49.7 Å². The fraction of sp³-hybridized carbons (Fsp3) is 0.208. The van der Waals surface area contributed by atoms with Crippen molar-refractivity contribution in [3.63, 3.8) is 0 Å². The molecule has 1 aromatic heterocycles. The van der Waals surface area contributed by atoms with E-state index in [1.807, 2.05) is 13.8 Å². The van der Waals surface area contributed by atoms with E-state index in [2.05, 4.69) is 16.0 Å². The molecule has 0 atom stereocenters. The number of carbonyl (C=O) groups is 3. The highest BCUT2D eigenvalue weighted by Crippen LogP contribution is 2.29. The van der Waals surface area contributed by atoms with Crippen molar-refractivity contribution in [2.45, 2.75) is 20.8 Å². The Bertz CT molecular complexity index is 1160. The molecule has 6 nitrogen and oxygen atoms in total. The van der Waals surface area contributed by atoms with Crippen LogP contribution in [0.1, 0.15) is 49.8 Å². The van der Waals surface area contributed by atoms with Crippen molar-refractivity contribution in [3.8, 4) is 0 Å². The van der Waals surface area contributed by atoms with Crippen LogP contribution in [-0.2, 0) is 0 Å². The molecular weight excluding hydrogens is 446 g/mol. The van der Waals surface area contributed by atoms with Crippen LogP contribution in [0, 0.1) is 12.8 Å². The molecule has 1 heterocycles. The lowest BCUT2D eigenvalue weighted by atomic mass is 10.1. The van der Waals surface area contributed by atoms with Crippen LogP contribution < -0.4 is 16.0 Å². The van der Waals surface area contributed by atoms with E-state index in [0.29, 0.717) is 49.7 Å². The summed E-state index contributed by atoms with van der Waals surface area (Å²) in [5, 5.41) is 9.35. The summed E-state index contributed by atoms with van der Waals surface area (Å²) in [7, 11) is 0. The molecular formula is C24H24ClN3O3S. The van der Waals surface area contributed by atoms with E-state index in [0.717, 1.165) is 11.3 Å². The second-order valence-corrected chi connectivity index (χ2v) is 9.12. The molecule has 0 unspecified atom stereocenters. The maximum absolute atomic E-state index is 12.9. The second-order valence-electron chi connectivity index (χ2n) is 7.66. The number of nitrogens with one attached hydrogen (secondary N) is 3. The number of thiophene rings is 1. The van der Waals surface area contributed by atoms with Crippen molar-refractivity contribution >= 4 is 51.3 Å². The lowest BCUT2D eigenvalue weighted by Crippen LogP contribution is -2.28. The maximum Gasteiger partial charge on any atom is 0.266 e. The number of hydrogen-bond donors (Lipinski definition) is 3. The van der Waals surface area contributed by atoms with Gasteiger partial charge in [-0.25, -0.2) is 0 Å². The van der Waals surface area contributed by atoms with Crippen LogP contribution in [-0.4, -0.2) is 24.3 Å². The van der Waals surface area contributed by atoms with E-state index in [-0.39, 0.29) is 17.7 Å². The Balaban J connectivity index is 1.75. The van der Waals surface area contributed by atoms with Crippen LogP contribution in [0.25, 0.3) is 0 Å². The first kappa shape index (κ1) is 23.5. The van der Waals surface area contributed by atoms with Crippen molar-refractivity contribution < 1.29 is 14.4 Å². The maximum atomic E-state index is 12.9. The van der Waals surface area contributed by atoms with Crippen LogP contribution in [0.2, 0.25) is 5.02 Å². The average Bonchev–Trinajstić information content (AvgIpc) is 3.12. The van der Waals surface area contributed by atoms with Crippen molar-refractivity contribution in [1.29, 1.82) is 0 Å². The van der Waals surface area contributed by atoms with Crippen LogP contribution in [0.5, 0.6) is 0 Å². The molecule has 0 aliphatic rings. The molecule has 3 N–H and O–H groups in total. The highest BCUT2D eigenvalue weighted by Gasteiger charge is 2.19. The van der Waals surface area contributed by atoms with Crippen molar-refractivity contribution in [2.75, 3.05) is 17.2 Å². The summed E-state index contributed by atoms with van der Waals surface area (Å²) in [4.78, 5) is 38.4. The Hall–Kier alpha value is -3.16. The average molecular weight is 470 g/mol. The number of rotatable bonds is 7. The summed E-state index contributed by atoms with van der Waals surface area (Å²) in [6, 6.07) is 15.3. The molecule has 0 aliphatic carbocycles. The zero-order chi connectivity index (χ0) is 23.3. The molecule has 0 bridgehead atoms. The van der Waals surface area contributed by atoms with Crippen LogP contribution in [0.15, 0.2) is 54.6 Å². The number of hydrogen-bond acceptors (Lipinski definition) is 4. The standard InChI is InChI=1S/C24H24ClN3O3S/c1-14(2)13-26-22(29)17-9-5-7-11-19(17)27-24(31)21-15(3)12-20(32-21)28-23(30)16-8-4-6-10-18(16)25/h4-12,14H,13H2,1-3H3,(H,26,29)(H,27,31)(H,28,30). The van der Waals surface area contributed by atoms with Gasteiger partial charge in [0.05, 0.1) is 31.7 Å². The first-order valence-electron chi connectivity index (χ1n) is 10.1. The van der Waals surface area contributed by atoms with Crippen molar-refractivity contribution in [3.05, 3.63) is 81.2 Å². The Morgan fingerprint density at radius 1 is 0.906 bits per heavy atom. The molecule has 8 heteroatoms. The fourth-order valence-corrected chi connectivity index (χ4v) is 4.14. The molecule has 0 saturated heterocycles. The van der Waals surface area contributed by atoms with E-state index in [1.165, 1.54) is 0 Å². The van der Waals surface area contributed by atoms with Gasteiger partial charge in [-0.3, -0.25) is 14.4 Å². The number of aryl methyl sites for hydroxylation is 1. The van der Waals surface area contributed by atoms with Crippen LogP contribution >= 0.6 is 22.9 Å². The predicted octanol–water partition coefficient (Wildman–Crippen LogP) is 5.60. The monoisotopic (exact) mass is 469 g/mol. The Kier molecular flexibility index (Phi) is 7.66. The summed E-state index contributed by atoms with van der Waals surface area (Å²) in [6.45, 7) is 6.35. The third-order valence-electron chi connectivity index (χ3n) is 4.57. The number of carbonyl (C=O) groups excluding carboxylic acids is 3. The van der Waals surface area contributed by atoms with Gasteiger partial charge in [0.15, 0.2) is 0 Å². The third-order valence-corrected chi connectivity index (χ3v) is 6.05. The SMILES string of the molecule is Cc1cc(NC(=O)c2ccccc2Cl)sc1C(=O)Nc1ccccc1C(=O)NCC(C)C. The minimum Gasteiger partial charge on any atom is -0.352 e. The van der Waals surface area contributed by atoms with Gasteiger partial charge in [0.25, 0.3) is 17.7 Å². The van der Waals surface area contributed by atoms with Gasteiger partial charge in [-0.05, 0) is 48.7 Å². The molecule has 0 saturated carbocycles. The van der Waals surface area contributed by atoms with E-state index >= 15 is 0 Å². The van der Waals surface area contributed by atoms with Crippen molar-refractivity contribution in [2.24, 2.45) is 5.92 Å². The predicted molar refractivity (Wildman–Crippen MR) is 130 cm³/mol. The summed E-state index contributed by atoms with van der Waals surface area (Å²) in [6.07, 6.45) is 0. The zero-order valence-corrected chi connectivity index (χ0v) is 19.6. The molecule has 0 aliphatic heterocycles. The fourth-order valence-electron chi connectivity index (χ4n) is 2.95. The minimum atomic E-state index is -0.352. The summed E-state index contributed by atoms with van der Waals surface area (Å²) < 4.78 is 0. The largest absolute Gasteiger partial charge is 0.352 e. The van der Waals surface area contributed by atoms with Gasteiger partial charge >= 0.3 is 0 Å². The molecule has 3 amide bonds. The Morgan fingerprint density at radius 3 is 2.25 bits per heavy atom. The van der Waals surface area contributed by atoms with E-state index in [9.17, 15) is 14.4 Å². The van der Waals surface area contributed by atoms with E-state index in [4.69, 9.17) is 11.6 Å². The Labute approximate surface area is 196 Å². The Morgan fingerprint density at radius 2 is 1.56 bits per heavy atom. The number of amides is 3. The molecule has 166 valence electrons. The van der Waals surface area contributed by atoms with Gasteiger partial charge in [0.1, 0.15) is 0 Å². The minimum absolute atomic E-state index is 0.245. The van der Waals surface area contributed by atoms with Crippen LogP contribution in [0.3, 0.4) is 0 Å². The first-order chi connectivity index (χ1) is 15.3. The highest BCUT2D eigenvalue weighted by atomic mass is 35.5. The number of para-hydroxylation sites is 1. The topological polar surface area (TPSA) is 87.3 Å². The molecule has 0 spiro atoms. The molecule has 3 rings (SSSR count). The first-order valence-corrected chi connectivity index (χ1v) is 11.3. The van der Waals surface area contributed by atoms with Gasteiger partial charge in [-0.15, -0.1) is 11.3 Å². The molecule has 0 fully saturated rings. The smallest absolute Gasteiger partial charge is 0.266 e. The van der Waals surface area contributed by atoms with Gasteiger partial charge in [-0.2, -0.15) is 0 Å². The molecule has 0 radical (unpaired) electrons. The number of anilines is 2. The summed E-state index contributed by atoms with van der Waals surface area (Å²) in [5.74, 6) is -0.634. The lowest BCUT2D eigenvalue weighted by molar-refractivity contribution is 0.0949. The second kappa shape index (κ2) is 10.4. The van der Waals surface area contributed by atoms with Gasteiger partial charge in [0.2, 0.25) is 0 Å². The van der Waals surface area contributed by atoms with Gasteiger partial charge < -0.3 is 16.0 Å². The number of halogens is 1. The molecule has 2 aromatic carbocycles. The molecule has 3 aromatic rings. The molecule has 32 heavy (non-hydrogen) atoms. The highest BCUT2D eigenvalue weighted by molar-refractivity contribution is 7.18. The third kappa shape index (κ3) is 5.75. The van der Waals surface area contributed by atoms with E-state index < -0.39 is 0 Å².